The van der Waals surface area contributed by atoms with Gasteiger partial charge in [0.05, 0.1) is 38.7 Å². The summed E-state index contributed by atoms with van der Waals surface area (Å²) in [7, 11) is -1.67. The molecule has 26 heteroatoms. The Bertz CT molecular complexity index is 2150. The number of hydrogen-bond acceptors (Lipinski definition) is 15. The average molecular weight is 997 g/mol. The number of benzene rings is 2. The van der Waals surface area contributed by atoms with Crippen molar-refractivity contribution < 1.29 is 63.7 Å². The maximum Gasteiger partial charge on any atom is 0.475 e. The van der Waals surface area contributed by atoms with Gasteiger partial charge < -0.3 is 63.0 Å². The van der Waals surface area contributed by atoms with E-state index in [-0.39, 0.29) is 122 Å². The molecule has 2 saturated heterocycles. The first-order chi connectivity index (χ1) is 33.9. The van der Waals surface area contributed by atoms with Crippen LogP contribution in [0.15, 0.2) is 41.4 Å². The van der Waals surface area contributed by atoms with Crippen LogP contribution >= 0.6 is 0 Å². The number of aliphatic imine (C=N–C) groups is 1. The van der Waals surface area contributed by atoms with Crippen molar-refractivity contribution in [2.45, 2.75) is 56.9 Å². The van der Waals surface area contributed by atoms with Crippen molar-refractivity contribution in [3.8, 4) is 0 Å². The first-order valence-corrected chi connectivity index (χ1v) is 23.8. The molecular formula is C45H69BN12O13. The summed E-state index contributed by atoms with van der Waals surface area (Å²) in [5, 5.41) is 60.0. The van der Waals surface area contributed by atoms with Crippen LogP contribution in [0.3, 0.4) is 0 Å². The Morgan fingerprint density at radius 2 is 1.11 bits per heavy atom. The zero-order chi connectivity index (χ0) is 51.9. The second-order valence-electron chi connectivity index (χ2n) is 17.6. The molecule has 25 nitrogen and oxygen atoms in total. The molecule has 0 saturated carbocycles. The fourth-order valence-electron chi connectivity index (χ4n) is 8.52. The first kappa shape index (κ1) is 57.1. The molecule has 2 aromatic carbocycles. The van der Waals surface area contributed by atoms with Gasteiger partial charge in [0.2, 0.25) is 17.7 Å². The van der Waals surface area contributed by atoms with Crippen molar-refractivity contribution in [3.05, 3.63) is 47.5 Å². The van der Waals surface area contributed by atoms with Crippen LogP contribution in [0.1, 0.15) is 65.7 Å². The van der Waals surface area contributed by atoms with Gasteiger partial charge in [-0.3, -0.25) is 62.9 Å². The highest BCUT2D eigenvalue weighted by Gasteiger charge is 2.37. The summed E-state index contributed by atoms with van der Waals surface area (Å²) in [5.41, 5.74) is 11.6. The molecule has 0 radical (unpaired) electrons. The second-order valence-corrected chi connectivity index (χ2v) is 17.6. The summed E-state index contributed by atoms with van der Waals surface area (Å²) in [6, 6.07) is 9.00. The first-order valence-electron chi connectivity index (χ1n) is 23.8. The molecule has 2 aliphatic rings. The van der Waals surface area contributed by atoms with Gasteiger partial charge >= 0.3 is 25.0 Å². The summed E-state index contributed by atoms with van der Waals surface area (Å²) < 4.78 is 0. The fourth-order valence-corrected chi connectivity index (χ4v) is 8.52. The second kappa shape index (κ2) is 29.7. The quantitative estimate of drug-likeness (QED) is 0.0200. The molecule has 0 spiro atoms. The third kappa shape index (κ3) is 20.1. The van der Waals surface area contributed by atoms with Crippen molar-refractivity contribution in [2.24, 2.45) is 16.5 Å². The predicted molar refractivity (Wildman–Crippen MR) is 261 cm³/mol. The number of nitrogens with zero attached hydrogens (tertiary/aromatic N) is 6. The number of likely N-dealkylation sites (tertiary alicyclic amines) is 1. The highest BCUT2D eigenvalue weighted by Crippen LogP contribution is 2.24. The molecule has 390 valence electrons. The van der Waals surface area contributed by atoms with Crippen molar-refractivity contribution in [1.82, 2.24) is 45.8 Å². The zero-order valence-electron chi connectivity index (χ0n) is 40.0. The van der Waals surface area contributed by atoms with Gasteiger partial charge in [-0.1, -0.05) is 24.3 Å². The number of nitrogens with one attached hydrogen (secondary N) is 4. The molecule has 4 rings (SSSR count). The minimum absolute atomic E-state index is 0.123. The number of fused-ring (bicyclic) bond motifs is 1. The standard InChI is InChI=1S/C45H69BN12O13/c47-45(48)51-16-6-10-35(53-37(59)27-54-18-20-55(28-39(61)62)22-24-57(30-41(65)66)25-23-56(21-19-54)29-40(63)64)44(69)50-15-5-1-4-14-49-42(67)33-12-13-34(32-9-3-2-8-31(32)33)43(68)52-26-38(60)58-17-7-11-36(58)46(70)71/h2-3,8-9,12-13,35-36,70-71H,1,4-7,10-11,14-30H2,(H,49,67)(H,50,69)(H,52,68)(H,53,59)(H,61,62)(H,63,64)(H,65,66)(H4,47,48,51). The third-order valence-corrected chi connectivity index (χ3v) is 12.2. The number of rotatable bonds is 25. The Morgan fingerprint density at radius 1 is 0.634 bits per heavy atom. The molecule has 0 aliphatic carbocycles. The third-order valence-electron chi connectivity index (χ3n) is 12.2. The van der Waals surface area contributed by atoms with E-state index < -0.39 is 60.6 Å². The molecule has 5 amide bonds. The molecule has 13 N–H and O–H groups in total. The van der Waals surface area contributed by atoms with Crippen LogP contribution in [-0.4, -0.2) is 234 Å². The van der Waals surface area contributed by atoms with Crippen molar-refractivity contribution >= 4 is 71.3 Å². The van der Waals surface area contributed by atoms with Gasteiger partial charge in [-0.2, -0.15) is 0 Å². The molecule has 2 fully saturated rings. The SMILES string of the molecule is NC(N)=NCCCC(NC(=O)CN1CCN(CC(=O)O)CCN(CC(=O)O)CCN(CC(=O)O)CC1)C(=O)NCCCCCNC(=O)c1ccc(C(=O)NCC(=O)N2CCCC2B(O)O)c2ccccc12. The van der Waals surface area contributed by atoms with Crippen LogP contribution < -0.4 is 32.7 Å². The Morgan fingerprint density at radius 3 is 1.59 bits per heavy atom. The molecule has 0 bridgehead atoms. The summed E-state index contributed by atoms with van der Waals surface area (Å²) in [6.45, 7) is 1.43. The van der Waals surface area contributed by atoms with E-state index in [2.05, 4.69) is 26.3 Å². The van der Waals surface area contributed by atoms with Crippen LogP contribution in [0.5, 0.6) is 0 Å². The number of hydrogen-bond donors (Lipinski definition) is 11. The molecule has 2 aromatic rings. The molecule has 2 unspecified atom stereocenters. The van der Waals surface area contributed by atoms with Gasteiger partial charge in [-0.15, -0.1) is 0 Å². The van der Waals surface area contributed by atoms with Crippen LogP contribution in [0.2, 0.25) is 0 Å². The maximum absolute atomic E-state index is 13.6. The topological polar surface area (TPSA) is 366 Å². The van der Waals surface area contributed by atoms with Crippen molar-refractivity contribution in [2.75, 3.05) is 111 Å². The maximum atomic E-state index is 13.6. The van der Waals surface area contributed by atoms with Gasteiger partial charge in [-0.05, 0) is 67.9 Å². The van der Waals surface area contributed by atoms with Crippen molar-refractivity contribution in [1.29, 1.82) is 0 Å². The lowest BCUT2D eigenvalue weighted by Crippen LogP contribution is -2.52. The number of carbonyl (C=O) groups excluding carboxylic acids is 5. The molecule has 2 atom stereocenters. The van der Waals surface area contributed by atoms with Crippen molar-refractivity contribution in [3.63, 3.8) is 0 Å². The highest BCUT2D eigenvalue weighted by atomic mass is 16.4. The lowest BCUT2D eigenvalue weighted by Gasteiger charge is -2.33. The van der Waals surface area contributed by atoms with Gasteiger partial charge in [0.25, 0.3) is 11.8 Å². The van der Waals surface area contributed by atoms with Crippen LogP contribution in [0.4, 0.5) is 0 Å². The molecule has 2 heterocycles. The average Bonchev–Trinajstić information content (AvgIpc) is 3.82. The molecule has 0 aromatic heterocycles. The van der Waals surface area contributed by atoms with E-state index in [9.17, 15) is 63.7 Å². The summed E-state index contributed by atoms with van der Waals surface area (Å²) in [5.74, 6) is -6.32. The predicted octanol–water partition coefficient (Wildman–Crippen LogP) is -3.40. The van der Waals surface area contributed by atoms with E-state index in [1.54, 1.807) is 49.9 Å². The van der Waals surface area contributed by atoms with E-state index >= 15 is 0 Å². The zero-order valence-corrected chi connectivity index (χ0v) is 40.0. The molecule has 2 aliphatic heterocycles. The van der Waals surface area contributed by atoms with Crippen LogP contribution in [0, 0.1) is 0 Å². The van der Waals surface area contributed by atoms with E-state index in [4.69, 9.17) is 11.5 Å². The smallest absolute Gasteiger partial charge is 0.475 e. The van der Waals surface area contributed by atoms with Gasteiger partial charge in [0.1, 0.15) is 6.04 Å². The van der Waals surface area contributed by atoms with E-state index in [0.717, 1.165) is 0 Å². The number of carboxylic acid groups (broad SMARTS) is 3. The number of nitrogens with two attached hydrogens (primary N) is 2. The Balaban J connectivity index is 1.29. The summed E-state index contributed by atoms with van der Waals surface area (Å²) in [6.07, 6.45) is 3.37. The minimum Gasteiger partial charge on any atom is -0.480 e. The highest BCUT2D eigenvalue weighted by molar-refractivity contribution is 6.43. The monoisotopic (exact) mass is 997 g/mol. The Labute approximate surface area is 412 Å². The number of guanidine groups is 1. The fraction of sp³-hybridized carbons (Fsp3) is 0.578. The largest absolute Gasteiger partial charge is 0.480 e. The molecular weight excluding hydrogens is 927 g/mol. The van der Waals surface area contributed by atoms with E-state index in [0.29, 0.717) is 68.0 Å². The number of carboxylic acids is 3. The number of aliphatic carboxylic acids is 3. The summed E-state index contributed by atoms with van der Waals surface area (Å²) in [4.78, 5) is 113. The lowest BCUT2D eigenvalue weighted by molar-refractivity contribution is -0.140. The lowest BCUT2D eigenvalue weighted by atomic mass is 9.78. The number of amides is 5. The summed E-state index contributed by atoms with van der Waals surface area (Å²) >= 11 is 0. The van der Waals surface area contributed by atoms with E-state index in [1.807, 2.05) is 0 Å². The van der Waals surface area contributed by atoms with Crippen LogP contribution in [-0.2, 0) is 28.8 Å². The van der Waals surface area contributed by atoms with Crippen LogP contribution in [0.25, 0.3) is 10.8 Å². The van der Waals surface area contributed by atoms with Gasteiger partial charge in [0, 0.05) is 89.7 Å². The Hall–Kier alpha value is -6.45. The Kier molecular flexibility index (Phi) is 23.9. The number of carbonyl (C=O) groups is 8. The van der Waals surface area contributed by atoms with Gasteiger partial charge in [-0.25, -0.2) is 0 Å². The van der Waals surface area contributed by atoms with E-state index in [1.165, 1.54) is 11.0 Å². The number of unbranched alkanes of at least 4 members (excludes halogenated alkanes) is 2. The normalized spacial score (nSPS) is 17.0. The van der Waals surface area contributed by atoms with Gasteiger partial charge in [0.15, 0.2) is 5.96 Å². The molecule has 71 heavy (non-hydrogen) atoms. The minimum atomic E-state index is -1.67.